The van der Waals surface area contributed by atoms with Crippen LogP contribution in [0.1, 0.15) is 76.2 Å². The van der Waals surface area contributed by atoms with Gasteiger partial charge >= 0.3 is 0 Å². The molecule has 1 saturated carbocycles. The molecule has 1 aliphatic carbocycles. The lowest BCUT2D eigenvalue weighted by atomic mass is 9.75. The Bertz CT molecular complexity index is 630. The third-order valence-electron chi connectivity index (χ3n) is 6.46. The lowest BCUT2D eigenvalue weighted by Gasteiger charge is -2.38. The Kier molecular flexibility index (Phi) is 7.90. The molecule has 2 fully saturated rings. The van der Waals surface area contributed by atoms with Crippen molar-refractivity contribution >= 4 is 0 Å². The van der Waals surface area contributed by atoms with Gasteiger partial charge in [-0.15, -0.1) is 6.58 Å². The Morgan fingerprint density at radius 3 is 2.54 bits per heavy atom. The monoisotopic (exact) mass is 392 g/mol. The Morgan fingerprint density at radius 1 is 1.11 bits per heavy atom. The van der Waals surface area contributed by atoms with Crippen LogP contribution in [0.3, 0.4) is 0 Å². The molecule has 3 rings (SSSR count). The molecule has 0 spiro atoms. The summed E-state index contributed by atoms with van der Waals surface area (Å²) in [4.78, 5) is 0. The molecular formula is C24H34F2O2. The predicted octanol–water partition coefficient (Wildman–Crippen LogP) is 6.79. The van der Waals surface area contributed by atoms with Crippen LogP contribution < -0.4 is 4.74 Å². The molecule has 0 amide bonds. The molecule has 1 aromatic carbocycles. The van der Waals surface area contributed by atoms with Crippen LogP contribution in [0, 0.1) is 23.5 Å². The number of allylic oxidation sites excluding steroid dienone is 1. The van der Waals surface area contributed by atoms with Crippen molar-refractivity contribution in [2.45, 2.75) is 76.7 Å². The number of rotatable bonds is 8. The average Bonchev–Trinajstić information content (AvgIpc) is 2.74. The third kappa shape index (κ3) is 5.14. The zero-order valence-corrected chi connectivity index (χ0v) is 17.1. The van der Waals surface area contributed by atoms with Crippen molar-refractivity contribution in [3.8, 4) is 5.75 Å². The maximum atomic E-state index is 14.6. The van der Waals surface area contributed by atoms with Crippen molar-refractivity contribution in [2.24, 2.45) is 11.8 Å². The van der Waals surface area contributed by atoms with Gasteiger partial charge in [0.2, 0.25) is 5.82 Å². The number of benzene rings is 1. The Hall–Kier alpha value is -1.42. The van der Waals surface area contributed by atoms with E-state index in [0.717, 1.165) is 51.6 Å². The summed E-state index contributed by atoms with van der Waals surface area (Å²) in [5.74, 6) is -0.230. The van der Waals surface area contributed by atoms with E-state index in [2.05, 4.69) is 6.58 Å². The summed E-state index contributed by atoms with van der Waals surface area (Å²) in [5.41, 5.74) is 0.508. The first-order chi connectivity index (χ1) is 13.6. The van der Waals surface area contributed by atoms with Crippen LogP contribution in [-0.4, -0.2) is 19.3 Å². The molecule has 2 atom stereocenters. The quantitative estimate of drug-likeness (QED) is 0.454. The van der Waals surface area contributed by atoms with Gasteiger partial charge in [0.1, 0.15) is 0 Å². The Balaban J connectivity index is 1.52. The fourth-order valence-corrected chi connectivity index (χ4v) is 4.77. The Labute approximate surface area is 168 Å². The molecule has 1 saturated heterocycles. The van der Waals surface area contributed by atoms with Crippen LogP contribution in [0.2, 0.25) is 0 Å². The van der Waals surface area contributed by atoms with Crippen LogP contribution in [0.15, 0.2) is 24.8 Å². The van der Waals surface area contributed by atoms with Crippen LogP contribution in [-0.2, 0) is 4.74 Å². The van der Waals surface area contributed by atoms with E-state index in [-0.39, 0.29) is 11.7 Å². The van der Waals surface area contributed by atoms with E-state index in [1.54, 1.807) is 12.1 Å². The number of halogens is 2. The fraction of sp³-hybridized carbons (Fsp3) is 0.667. The number of hydrogen-bond donors (Lipinski definition) is 0. The molecule has 1 heterocycles. The first-order valence-electron chi connectivity index (χ1n) is 11.0. The summed E-state index contributed by atoms with van der Waals surface area (Å²) in [5, 5.41) is 0. The third-order valence-corrected chi connectivity index (χ3v) is 6.46. The van der Waals surface area contributed by atoms with Gasteiger partial charge in [-0.1, -0.05) is 19.1 Å². The van der Waals surface area contributed by atoms with Gasteiger partial charge in [-0.25, -0.2) is 4.39 Å². The highest BCUT2D eigenvalue weighted by Crippen LogP contribution is 2.42. The summed E-state index contributed by atoms with van der Waals surface area (Å²) in [6, 6.07) is 3.30. The Morgan fingerprint density at radius 2 is 1.89 bits per heavy atom. The highest BCUT2D eigenvalue weighted by Gasteiger charge is 2.33. The van der Waals surface area contributed by atoms with Crippen molar-refractivity contribution in [3.05, 3.63) is 42.0 Å². The molecule has 2 unspecified atom stereocenters. The SMILES string of the molecule is C=CCCC1CCC(C2CCC(c3ccc(OCCC)c(F)c3F)CC2)OC1. The van der Waals surface area contributed by atoms with Crippen molar-refractivity contribution in [2.75, 3.05) is 13.2 Å². The van der Waals surface area contributed by atoms with Crippen LogP contribution in [0.25, 0.3) is 0 Å². The van der Waals surface area contributed by atoms with E-state index in [1.165, 1.54) is 12.8 Å². The van der Waals surface area contributed by atoms with E-state index in [0.29, 0.717) is 30.1 Å². The highest BCUT2D eigenvalue weighted by molar-refractivity contribution is 5.33. The number of hydrogen-bond acceptors (Lipinski definition) is 2. The topological polar surface area (TPSA) is 18.5 Å². The van der Waals surface area contributed by atoms with Gasteiger partial charge in [0.05, 0.1) is 12.7 Å². The van der Waals surface area contributed by atoms with Crippen molar-refractivity contribution in [3.63, 3.8) is 0 Å². The molecule has 4 heteroatoms. The summed E-state index contributed by atoms with van der Waals surface area (Å²) < 4.78 is 40.4. The maximum Gasteiger partial charge on any atom is 0.200 e. The fourth-order valence-electron chi connectivity index (χ4n) is 4.77. The van der Waals surface area contributed by atoms with Gasteiger partial charge in [0.15, 0.2) is 11.6 Å². The lowest BCUT2D eigenvalue weighted by Crippen LogP contribution is -2.34. The van der Waals surface area contributed by atoms with Gasteiger partial charge in [0.25, 0.3) is 0 Å². The molecule has 2 nitrogen and oxygen atoms in total. The van der Waals surface area contributed by atoms with E-state index in [4.69, 9.17) is 9.47 Å². The minimum atomic E-state index is -0.839. The first kappa shape index (κ1) is 21.3. The highest BCUT2D eigenvalue weighted by atomic mass is 19.2. The summed E-state index contributed by atoms with van der Waals surface area (Å²) in [6.45, 7) is 7.00. The smallest absolute Gasteiger partial charge is 0.200 e. The van der Waals surface area contributed by atoms with E-state index in [9.17, 15) is 8.78 Å². The molecule has 2 aliphatic rings. The van der Waals surface area contributed by atoms with Crippen molar-refractivity contribution in [1.29, 1.82) is 0 Å². The second kappa shape index (κ2) is 10.4. The van der Waals surface area contributed by atoms with E-state index < -0.39 is 11.6 Å². The molecule has 0 bridgehead atoms. The predicted molar refractivity (Wildman–Crippen MR) is 109 cm³/mol. The maximum absolute atomic E-state index is 14.6. The first-order valence-corrected chi connectivity index (χ1v) is 11.0. The van der Waals surface area contributed by atoms with Crippen LogP contribution in [0.4, 0.5) is 8.78 Å². The zero-order valence-electron chi connectivity index (χ0n) is 17.1. The molecule has 156 valence electrons. The normalized spacial score (nSPS) is 28.1. The second-order valence-corrected chi connectivity index (χ2v) is 8.42. The molecule has 1 aliphatic heterocycles. The van der Waals surface area contributed by atoms with Gasteiger partial charge < -0.3 is 9.47 Å². The molecular weight excluding hydrogens is 358 g/mol. The molecule has 1 aromatic rings. The van der Waals surface area contributed by atoms with Gasteiger partial charge in [0, 0.05) is 6.61 Å². The molecule has 28 heavy (non-hydrogen) atoms. The van der Waals surface area contributed by atoms with Gasteiger partial charge in [-0.05, 0) is 87.2 Å². The van der Waals surface area contributed by atoms with E-state index >= 15 is 0 Å². The lowest BCUT2D eigenvalue weighted by molar-refractivity contribution is -0.0573. The van der Waals surface area contributed by atoms with Crippen molar-refractivity contribution in [1.82, 2.24) is 0 Å². The molecule has 0 aromatic heterocycles. The van der Waals surface area contributed by atoms with Crippen LogP contribution >= 0.6 is 0 Å². The summed E-state index contributed by atoms with van der Waals surface area (Å²) in [6.07, 6.45) is 11.5. The number of ether oxygens (including phenoxy) is 2. The minimum absolute atomic E-state index is 0.0263. The van der Waals surface area contributed by atoms with Gasteiger partial charge in [-0.3, -0.25) is 0 Å². The largest absolute Gasteiger partial charge is 0.490 e. The summed E-state index contributed by atoms with van der Waals surface area (Å²) >= 11 is 0. The average molecular weight is 393 g/mol. The zero-order chi connectivity index (χ0) is 19.9. The molecule has 0 radical (unpaired) electrons. The second-order valence-electron chi connectivity index (χ2n) is 8.42. The summed E-state index contributed by atoms with van der Waals surface area (Å²) in [7, 11) is 0. The molecule has 0 N–H and O–H groups in total. The van der Waals surface area contributed by atoms with Gasteiger partial charge in [-0.2, -0.15) is 4.39 Å². The van der Waals surface area contributed by atoms with E-state index in [1.807, 2.05) is 13.0 Å². The van der Waals surface area contributed by atoms with Crippen molar-refractivity contribution < 1.29 is 18.3 Å². The van der Waals surface area contributed by atoms with Crippen LogP contribution in [0.5, 0.6) is 5.75 Å². The minimum Gasteiger partial charge on any atom is -0.490 e. The standard InChI is InChI=1S/C24H34F2O2/c1-3-5-6-17-7-13-21(28-16-17)19-10-8-18(9-11-19)20-12-14-22(27-15-4-2)24(26)23(20)25/h3,12,14,17-19,21H,1,4-11,13,15-16H2,2H3.